The molecule has 22 heavy (non-hydrogen) atoms. The van der Waals surface area contributed by atoms with Crippen LogP contribution in [0.4, 0.5) is 5.69 Å². The van der Waals surface area contributed by atoms with Crippen LogP contribution in [-0.2, 0) is 13.0 Å². The molecule has 6 heteroatoms. The summed E-state index contributed by atoms with van der Waals surface area (Å²) in [5.41, 5.74) is 2.32. The molecule has 114 valence electrons. The van der Waals surface area contributed by atoms with Crippen LogP contribution >= 0.6 is 0 Å². The van der Waals surface area contributed by atoms with E-state index in [9.17, 15) is 10.1 Å². The van der Waals surface area contributed by atoms with E-state index in [1.165, 1.54) is 17.7 Å². The van der Waals surface area contributed by atoms with E-state index in [-0.39, 0.29) is 12.5 Å². The van der Waals surface area contributed by atoms with Crippen molar-refractivity contribution in [3.63, 3.8) is 0 Å². The second-order valence-corrected chi connectivity index (χ2v) is 5.04. The molecule has 2 aromatic rings. The molecule has 0 bridgehead atoms. The predicted octanol–water partition coefficient (Wildman–Crippen LogP) is 2.66. The molecule has 0 spiro atoms. The zero-order valence-electron chi connectivity index (χ0n) is 12.0. The first-order valence-electron chi connectivity index (χ1n) is 7.05. The van der Waals surface area contributed by atoms with Gasteiger partial charge in [-0.25, -0.2) is 0 Å². The van der Waals surface area contributed by atoms with Crippen molar-refractivity contribution in [3.8, 4) is 11.5 Å². The molecular weight excluding hydrogens is 284 g/mol. The number of nitro groups is 1. The molecule has 1 aliphatic heterocycles. The van der Waals surface area contributed by atoms with Gasteiger partial charge in [-0.1, -0.05) is 18.2 Å². The van der Waals surface area contributed by atoms with E-state index in [0.717, 1.165) is 30.0 Å². The number of hydrogen-bond acceptors (Lipinski definition) is 5. The highest BCUT2D eigenvalue weighted by atomic mass is 16.7. The Morgan fingerprint density at radius 1 is 1.05 bits per heavy atom. The minimum Gasteiger partial charge on any atom is -0.454 e. The third-order valence-corrected chi connectivity index (χ3v) is 3.50. The van der Waals surface area contributed by atoms with Gasteiger partial charge in [-0.3, -0.25) is 10.1 Å². The topological polar surface area (TPSA) is 73.6 Å². The second-order valence-electron chi connectivity index (χ2n) is 5.04. The van der Waals surface area contributed by atoms with Crippen LogP contribution in [0, 0.1) is 10.1 Å². The van der Waals surface area contributed by atoms with Crippen LogP contribution in [0.15, 0.2) is 42.5 Å². The first-order valence-corrected chi connectivity index (χ1v) is 7.05. The lowest BCUT2D eigenvalue weighted by molar-refractivity contribution is -0.384. The molecule has 0 saturated carbocycles. The van der Waals surface area contributed by atoms with Gasteiger partial charge in [0.2, 0.25) is 6.79 Å². The average Bonchev–Trinajstić information content (AvgIpc) is 2.99. The largest absolute Gasteiger partial charge is 0.454 e. The first kappa shape index (κ1) is 14.3. The number of non-ortho nitro benzene ring substituents is 1. The number of fused-ring (bicyclic) bond motifs is 1. The molecular formula is C16H16N2O4. The number of nitrogens with zero attached hydrogens (tertiary/aromatic N) is 1. The molecule has 0 unspecified atom stereocenters. The molecule has 0 saturated heterocycles. The van der Waals surface area contributed by atoms with Gasteiger partial charge in [0.1, 0.15) is 0 Å². The monoisotopic (exact) mass is 300 g/mol. The second kappa shape index (κ2) is 6.44. The van der Waals surface area contributed by atoms with Gasteiger partial charge in [0.25, 0.3) is 5.69 Å². The summed E-state index contributed by atoms with van der Waals surface area (Å²) in [6.07, 6.45) is 0.879. The van der Waals surface area contributed by atoms with Crippen molar-refractivity contribution in [1.29, 1.82) is 0 Å². The Morgan fingerprint density at radius 2 is 1.77 bits per heavy atom. The Labute approximate surface area is 127 Å². The standard InChI is InChI=1S/C16H16N2O4/c19-18(20)14-4-1-13(2-5-14)10-17-8-7-12-3-6-15-16(9-12)22-11-21-15/h1-6,9,17H,7-8,10-11H2. The fraction of sp³-hybridized carbons (Fsp3) is 0.250. The lowest BCUT2D eigenvalue weighted by Crippen LogP contribution is -2.16. The van der Waals surface area contributed by atoms with Crippen LogP contribution in [-0.4, -0.2) is 18.3 Å². The Hall–Kier alpha value is -2.60. The van der Waals surface area contributed by atoms with Crippen molar-refractivity contribution in [1.82, 2.24) is 5.32 Å². The summed E-state index contributed by atoms with van der Waals surface area (Å²) >= 11 is 0. The first-order chi connectivity index (χ1) is 10.7. The van der Waals surface area contributed by atoms with E-state index in [4.69, 9.17) is 9.47 Å². The summed E-state index contributed by atoms with van der Waals surface area (Å²) in [5, 5.41) is 13.9. The molecule has 0 aliphatic carbocycles. The lowest BCUT2D eigenvalue weighted by atomic mass is 10.1. The summed E-state index contributed by atoms with van der Waals surface area (Å²) < 4.78 is 10.6. The molecule has 0 amide bonds. The van der Waals surface area contributed by atoms with Crippen LogP contribution in [0.25, 0.3) is 0 Å². The summed E-state index contributed by atoms with van der Waals surface area (Å²) in [4.78, 5) is 10.2. The summed E-state index contributed by atoms with van der Waals surface area (Å²) in [6.45, 7) is 1.79. The molecule has 6 nitrogen and oxygen atoms in total. The van der Waals surface area contributed by atoms with Crippen LogP contribution < -0.4 is 14.8 Å². The van der Waals surface area contributed by atoms with Gasteiger partial charge in [-0.2, -0.15) is 0 Å². The van der Waals surface area contributed by atoms with Crippen molar-refractivity contribution in [2.75, 3.05) is 13.3 Å². The van der Waals surface area contributed by atoms with Gasteiger partial charge in [-0.05, 0) is 36.2 Å². The average molecular weight is 300 g/mol. The summed E-state index contributed by atoms with van der Waals surface area (Å²) in [7, 11) is 0. The van der Waals surface area contributed by atoms with Crippen LogP contribution in [0.5, 0.6) is 11.5 Å². The Bertz CT molecular complexity index is 670. The molecule has 2 aromatic carbocycles. The highest BCUT2D eigenvalue weighted by Crippen LogP contribution is 2.32. The lowest BCUT2D eigenvalue weighted by Gasteiger charge is -2.06. The SMILES string of the molecule is O=[N+]([O-])c1ccc(CNCCc2ccc3c(c2)OCO3)cc1. The maximum absolute atomic E-state index is 10.6. The zero-order valence-corrected chi connectivity index (χ0v) is 12.0. The molecule has 1 heterocycles. The quantitative estimate of drug-likeness (QED) is 0.504. The molecule has 1 aliphatic rings. The molecule has 0 radical (unpaired) electrons. The van der Waals surface area contributed by atoms with E-state index < -0.39 is 4.92 Å². The fourth-order valence-electron chi connectivity index (χ4n) is 2.30. The van der Waals surface area contributed by atoms with Gasteiger partial charge in [0.15, 0.2) is 11.5 Å². The predicted molar refractivity (Wildman–Crippen MR) is 81.1 cm³/mol. The number of ether oxygens (including phenoxy) is 2. The number of benzene rings is 2. The number of hydrogen-bond donors (Lipinski definition) is 1. The number of nitro benzene ring substituents is 1. The van der Waals surface area contributed by atoms with Crippen molar-refractivity contribution in [2.24, 2.45) is 0 Å². The van der Waals surface area contributed by atoms with Gasteiger partial charge in [0, 0.05) is 18.7 Å². The van der Waals surface area contributed by atoms with Crippen LogP contribution in [0.3, 0.4) is 0 Å². The van der Waals surface area contributed by atoms with E-state index in [1.54, 1.807) is 12.1 Å². The van der Waals surface area contributed by atoms with Gasteiger partial charge in [-0.15, -0.1) is 0 Å². The minimum atomic E-state index is -0.392. The van der Waals surface area contributed by atoms with Gasteiger partial charge in [0.05, 0.1) is 4.92 Å². The Morgan fingerprint density at radius 3 is 2.55 bits per heavy atom. The molecule has 0 fully saturated rings. The van der Waals surface area contributed by atoms with Crippen molar-refractivity contribution in [3.05, 3.63) is 63.7 Å². The third-order valence-electron chi connectivity index (χ3n) is 3.50. The third kappa shape index (κ3) is 3.35. The molecule has 0 aromatic heterocycles. The van der Waals surface area contributed by atoms with E-state index in [1.807, 2.05) is 18.2 Å². The smallest absolute Gasteiger partial charge is 0.269 e. The van der Waals surface area contributed by atoms with Crippen LogP contribution in [0.1, 0.15) is 11.1 Å². The zero-order chi connectivity index (χ0) is 15.4. The summed E-state index contributed by atoms with van der Waals surface area (Å²) in [6, 6.07) is 12.5. The van der Waals surface area contributed by atoms with Gasteiger partial charge >= 0.3 is 0 Å². The fourth-order valence-corrected chi connectivity index (χ4v) is 2.30. The molecule has 3 rings (SSSR count). The van der Waals surface area contributed by atoms with Crippen LogP contribution in [0.2, 0.25) is 0 Å². The highest BCUT2D eigenvalue weighted by Gasteiger charge is 2.12. The van der Waals surface area contributed by atoms with Crippen molar-refractivity contribution in [2.45, 2.75) is 13.0 Å². The van der Waals surface area contributed by atoms with E-state index in [0.29, 0.717) is 6.54 Å². The maximum atomic E-state index is 10.6. The molecule has 1 N–H and O–H groups in total. The summed E-state index contributed by atoms with van der Waals surface area (Å²) in [5.74, 6) is 1.59. The number of nitrogens with one attached hydrogen (secondary N) is 1. The Kier molecular flexibility index (Phi) is 4.20. The minimum absolute atomic E-state index is 0.115. The molecule has 0 atom stereocenters. The number of rotatable bonds is 6. The highest BCUT2D eigenvalue weighted by molar-refractivity contribution is 5.44. The van der Waals surface area contributed by atoms with E-state index in [2.05, 4.69) is 5.32 Å². The Balaban J connectivity index is 1.46. The van der Waals surface area contributed by atoms with Crippen molar-refractivity contribution >= 4 is 5.69 Å². The normalized spacial score (nSPS) is 12.4. The van der Waals surface area contributed by atoms with E-state index >= 15 is 0 Å². The van der Waals surface area contributed by atoms with Crippen molar-refractivity contribution < 1.29 is 14.4 Å². The maximum Gasteiger partial charge on any atom is 0.269 e. The van der Waals surface area contributed by atoms with Gasteiger partial charge < -0.3 is 14.8 Å².